The first-order chi connectivity index (χ1) is 9.48. The molecule has 114 valence electrons. The molecule has 0 aliphatic heterocycles. The average Bonchev–Trinajstić information content (AvgIpc) is 2.45. The van der Waals surface area contributed by atoms with E-state index in [4.69, 9.17) is 13.3 Å². The van der Waals surface area contributed by atoms with Crippen molar-refractivity contribution in [1.29, 1.82) is 0 Å². The molecule has 1 aromatic carbocycles. The van der Waals surface area contributed by atoms with Gasteiger partial charge < -0.3 is 13.3 Å². The molecule has 0 aliphatic carbocycles. The van der Waals surface area contributed by atoms with E-state index in [1.54, 1.807) is 0 Å². The second kappa shape index (κ2) is 7.77. The van der Waals surface area contributed by atoms with Crippen LogP contribution in [0, 0.1) is 17.5 Å². The quantitative estimate of drug-likeness (QED) is 0.419. The monoisotopic (exact) mass is 308 g/mol. The number of halogens is 3. The molecule has 1 rings (SSSR count). The number of unbranched alkanes of at least 4 members (excludes halogenated alkanes) is 1. The molecule has 0 spiro atoms. The zero-order chi connectivity index (χ0) is 15.2. The van der Waals surface area contributed by atoms with Gasteiger partial charge in [0.05, 0.1) is 0 Å². The number of hydrogen-bond donors (Lipinski definition) is 0. The highest BCUT2D eigenvalue weighted by Crippen LogP contribution is 2.20. The highest BCUT2D eigenvalue weighted by Gasteiger charge is 2.36. The third-order valence-corrected chi connectivity index (χ3v) is 6.03. The summed E-state index contributed by atoms with van der Waals surface area (Å²) in [6.45, 7) is 0. The predicted octanol–water partition coefficient (Wildman–Crippen LogP) is 3.30. The Kier molecular flexibility index (Phi) is 6.67. The van der Waals surface area contributed by atoms with Crippen molar-refractivity contribution in [3.8, 4) is 0 Å². The molecule has 0 radical (unpaired) electrons. The Morgan fingerprint density at radius 2 is 1.40 bits per heavy atom. The van der Waals surface area contributed by atoms with Gasteiger partial charge in [-0.2, -0.15) is 0 Å². The van der Waals surface area contributed by atoms with Crippen LogP contribution >= 0.6 is 0 Å². The maximum atomic E-state index is 13.4. The second-order valence-corrected chi connectivity index (χ2v) is 7.45. The van der Waals surface area contributed by atoms with Gasteiger partial charge in [-0.05, 0) is 30.9 Å². The standard InChI is InChI=1S/C13H19F3O3Si/c1-17-20(18-2,19-3)7-5-4-6-10-8-12(15)13(16)9-11(10)14/h8-9H,4-7H2,1-3H3. The van der Waals surface area contributed by atoms with Gasteiger partial charge in [-0.25, -0.2) is 13.2 Å². The van der Waals surface area contributed by atoms with E-state index < -0.39 is 26.3 Å². The molecule has 0 aliphatic rings. The Labute approximate surface area is 118 Å². The van der Waals surface area contributed by atoms with Gasteiger partial charge in [0.25, 0.3) is 0 Å². The van der Waals surface area contributed by atoms with Crippen LogP contribution in [0.2, 0.25) is 6.04 Å². The van der Waals surface area contributed by atoms with Crippen molar-refractivity contribution in [2.45, 2.75) is 25.3 Å². The van der Waals surface area contributed by atoms with Crippen LogP contribution in [0.1, 0.15) is 18.4 Å². The summed E-state index contributed by atoms with van der Waals surface area (Å²) in [5.41, 5.74) is 0.170. The van der Waals surface area contributed by atoms with Crippen LogP contribution in [0.5, 0.6) is 0 Å². The number of rotatable bonds is 8. The van der Waals surface area contributed by atoms with Crippen molar-refractivity contribution in [2.75, 3.05) is 21.3 Å². The Hall–Kier alpha value is -0.893. The van der Waals surface area contributed by atoms with Crippen LogP contribution in [-0.2, 0) is 19.7 Å². The van der Waals surface area contributed by atoms with Crippen LogP contribution in [-0.4, -0.2) is 30.1 Å². The summed E-state index contributed by atoms with van der Waals surface area (Å²) in [4.78, 5) is 0. The van der Waals surface area contributed by atoms with Crippen LogP contribution in [0.4, 0.5) is 13.2 Å². The average molecular weight is 308 g/mol. The summed E-state index contributed by atoms with van der Waals surface area (Å²) in [7, 11) is 1.95. The number of aryl methyl sites for hydroxylation is 1. The zero-order valence-corrected chi connectivity index (χ0v) is 12.8. The molecule has 20 heavy (non-hydrogen) atoms. The van der Waals surface area contributed by atoms with E-state index >= 15 is 0 Å². The molecular formula is C13H19F3O3Si. The van der Waals surface area contributed by atoms with Crippen LogP contribution < -0.4 is 0 Å². The molecule has 0 saturated heterocycles. The van der Waals surface area contributed by atoms with E-state index in [0.29, 0.717) is 31.4 Å². The number of hydrogen-bond acceptors (Lipinski definition) is 3. The fourth-order valence-electron chi connectivity index (χ4n) is 1.97. The van der Waals surface area contributed by atoms with Gasteiger partial charge in [0, 0.05) is 33.4 Å². The minimum Gasteiger partial charge on any atom is -0.377 e. The third kappa shape index (κ3) is 4.31. The van der Waals surface area contributed by atoms with Gasteiger partial charge in [0.15, 0.2) is 11.6 Å². The Morgan fingerprint density at radius 3 is 1.95 bits per heavy atom. The Morgan fingerprint density at radius 1 is 0.850 bits per heavy atom. The predicted molar refractivity (Wildman–Crippen MR) is 70.8 cm³/mol. The van der Waals surface area contributed by atoms with Crippen molar-refractivity contribution in [1.82, 2.24) is 0 Å². The normalized spacial score (nSPS) is 11.9. The largest absolute Gasteiger partial charge is 0.500 e. The SMILES string of the molecule is CO[Si](CCCCc1cc(F)c(F)cc1F)(OC)OC. The van der Waals surface area contributed by atoms with Gasteiger partial charge in [-0.15, -0.1) is 0 Å². The highest BCUT2D eigenvalue weighted by molar-refractivity contribution is 6.60. The Bertz CT molecular complexity index is 431. The molecule has 0 saturated carbocycles. The lowest BCUT2D eigenvalue weighted by Gasteiger charge is -2.24. The van der Waals surface area contributed by atoms with Gasteiger partial charge in [0.1, 0.15) is 5.82 Å². The van der Waals surface area contributed by atoms with E-state index in [2.05, 4.69) is 0 Å². The molecule has 0 unspecified atom stereocenters. The molecule has 0 aromatic heterocycles. The smallest absolute Gasteiger partial charge is 0.377 e. The summed E-state index contributed by atoms with van der Waals surface area (Å²) < 4.78 is 55.0. The summed E-state index contributed by atoms with van der Waals surface area (Å²) in [6, 6.07) is 2.06. The Balaban J connectivity index is 2.51. The fraction of sp³-hybridized carbons (Fsp3) is 0.538. The summed E-state index contributed by atoms with van der Waals surface area (Å²) in [5, 5.41) is 0. The minimum absolute atomic E-state index is 0.170. The first-order valence-corrected chi connectivity index (χ1v) is 8.20. The molecule has 0 heterocycles. The molecule has 0 amide bonds. The molecule has 0 fully saturated rings. The van der Waals surface area contributed by atoms with E-state index in [-0.39, 0.29) is 5.56 Å². The van der Waals surface area contributed by atoms with Crippen molar-refractivity contribution in [3.05, 3.63) is 35.1 Å². The zero-order valence-electron chi connectivity index (χ0n) is 11.8. The van der Waals surface area contributed by atoms with Crippen LogP contribution in [0.15, 0.2) is 12.1 Å². The van der Waals surface area contributed by atoms with Crippen molar-refractivity contribution >= 4 is 8.80 Å². The van der Waals surface area contributed by atoms with Gasteiger partial charge in [-0.1, -0.05) is 0 Å². The molecule has 0 atom stereocenters. The van der Waals surface area contributed by atoms with Crippen LogP contribution in [0.3, 0.4) is 0 Å². The maximum Gasteiger partial charge on any atom is 0.500 e. The summed E-state index contributed by atoms with van der Waals surface area (Å²) in [6.07, 6.45) is 1.61. The first-order valence-electron chi connectivity index (χ1n) is 6.27. The minimum atomic E-state index is -2.62. The molecule has 3 nitrogen and oxygen atoms in total. The topological polar surface area (TPSA) is 27.7 Å². The summed E-state index contributed by atoms with van der Waals surface area (Å²) in [5.74, 6) is -2.93. The molecular weight excluding hydrogens is 289 g/mol. The number of benzene rings is 1. The van der Waals surface area contributed by atoms with E-state index in [1.807, 2.05) is 0 Å². The van der Waals surface area contributed by atoms with Crippen molar-refractivity contribution in [2.24, 2.45) is 0 Å². The van der Waals surface area contributed by atoms with Crippen molar-refractivity contribution in [3.63, 3.8) is 0 Å². The van der Waals surface area contributed by atoms with E-state index in [9.17, 15) is 13.2 Å². The third-order valence-electron chi connectivity index (χ3n) is 3.20. The first kappa shape index (κ1) is 17.2. The van der Waals surface area contributed by atoms with E-state index in [0.717, 1.165) is 6.07 Å². The van der Waals surface area contributed by atoms with Crippen LogP contribution in [0.25, 0.3) is 0 Å². The molecule has 1 aromatic rings. The van der Waals surface area contributed by atoms with Gasteiger partial charge >= 0.3 is 8.80 Å². The fourth-order valence-corrected chi connectivity index (χ4v) is 3.76. The lowest BCUT2D eigenvalue weighted by molar-refractivity contribution is 0.123. The molecule has 0 bridgehead atoms. The van der Waals surface area contributed by atoms with Crippen molar-refractivity contribution < 1.29 is 26.4 Å². The summed E-state index contributed by atoms with van der Waals surface area (Å²) >= 11 is 0. The van der Waals surface area contributed by atoms with Gasteiger partial charge in [0.2, 0.25) is 0 Å². The maximum absolute atomic E-state index is 13.4. The second-order valence-electron chi connectivity index (χ2n) is 4.36. The van der Waals surface area contributed by atoms with Gasteiger partial charge in [-0.3, -0.25) is 0 Å². The molecule has 7 heteroatoms. The highest BCUT2D eigenvalue weighted by atomic mass is 28.4. The lowest BCUT2D eigenvalue weighted by atomic mass is 10.1. The lowest BCUT2D eigenvalue weighted by Crippen LogP contribution is -2.42. The van der Waals surface area contributed by atoms with E-state index in [1.165, 1.54) is 21.3 Å². The molecule has 0 N–H and O–H groups in total.